The Balaban J connectivity index is 0.00000121. The second-order valence-corrected chi connectivity index (χ2v) is 3.47. The molecule has 6 heteroatoms. The van der Waals surface area contributed by atoms with Gasteiger partial charge in [-0.1, -0.05) is 13.8 Å². The van der Waals surface area contributed by atoms with Gasteiger partial charge in [-0.05, 0) is 14.1 Å². The van der Waals surface area contributed by atoms with E-state index in [0.717, 1.165) is 6.26 Å². The molecule has 0 saturated carbocycles. The van der Waals surface area contributed by atoms with Crippen LogP contribution in [0.1, 0.15) is 13.8 Å². The maximum Gasteiger partial charge on any atom is 0.251 e. The minimum atomic E-state index is -0.525. The summed E-state index contributed by atoms with van der Waals surface area (Å²) in [5.41, 5.74) is -0.376. The quantitative estimate of drug-likeness (QED) is 0.595. The Morgan fingerprint density at radius 1 is 1.29 bits per heavy atom. The molecule has 1 aromatic heterocycles. The van der Waals surface area contributed by atoms with Crippen LogP contribution < -0.4 is 16.3 Å². The molecule has 98 valence electrons. The van der Waals surface area contributed by atoms with Crippen molar-refractivity contribution in [3.05, 3.63) is 22.7 Å². The summed E-state index contributed by atoms with van der Waals surface area (Å²) < 4.78 is 4.76. The Morgan fingerprint density at radius 3 is 2.41 bits per heavy atom. The number of hydrazine groups is 1. The SMILES string of the molecule is CC.CN(C)CCN(N)c1cocc(O)c1=O. The minimum absolute atomic E-state index is 0.150. The average Bonchev–Trinajstić information content (AvgIpc) is 2.32. The van der Waals surface area contributed by atoms with Gasteiger partial charge in [0.1, 0.15) is 18.2 Å². The number of nitrogens with two attached hydrogens (primary N) is 1. The molecule has 0 aliphatic rings. The third kappa shape index (κ3) is 4.88. The molecule has 6 nitrogen and oxygen atoms in total. The summed E-state index contributed by atoms with van der Waals surface area (Å²) in [6.45, 7) is 5.17. The molecule has 0 saturated heterocycles. The van der Waals surface area contributed by atoms with E-state index in [1.807, 2.05) is 32.8 Å². The van der Waals surface area contributed by atoms with Crippen LogP contribution in [0.2, 0.25) is 0 Å². The summed E-state index contributed by atoms with van der Waals surface area (Å²) in [6, 6.07) is 0. The first-order valence-electron chi connectivity index (χ1n) is 5.49. The topological polar surface area (TPSA) is 82.9 Å². The molecule has 0 aromatic carbocycles. The van der Waals surface area contributed by atoms with Crippen LogP contribution in [0.3, 0.4) is 0 Å². The standard InChI is InChI=1S/C9H15N3O3.C2H6/c1-11(2)3-4-12(10)7-5-15-6-8(13)9(7)14;1-2/h5-6,13H,3-4,10H2,1-2H3;1-2H3. The van der Waals surface area contributed by atoms with Crippen molar-refractivity contribution in [2.24, 2.45) is 5.84 Å². The van der Waals surface area contributed by atoms with Crippen LogP contribution in [0.5, 0.6) is 5.75 Å². The van der Waals surface area contributed by atoms with Crippen LogP contribution in [0.25, 0.3) is 0 Å². The summed E-state index contributed by atoms with van der Waals surface area (Å²) in [6.07, 6.45) is 2.20. The number of anilines is 1. The van der Waals surface area contributed by atoms with Crippen LogP contribution >= 0.6 is 0 Å². The summed E-state index contributed by atoms with van der Waals surface area (Å²) in [5, 5.41) is 10.4. The molecule has 1 aromatic rings. The third-order valence-corrected chi connectivity index (χ3v) is 1.92. The van der Waals surface area contributed by atoms with Crippen LogP contribution in [-0.4, -0.2) is 37.2 Å². The predicted molar refractivity (Wildman–Crippen MR) is 68.1 cm³/mol. The maximum atomic E-state index is 11.4. The first-order valence-corrected chi connectivity index (χ1v) is 5.49. The van der Waals surface area contributed by atoms with Gasteiger partial charge in [0, 0.05) is 13.1 Å². The largest absolute Gasteiger partial charge is 0.502 e. The lowest BCUT2D eigenvalue weighted by Crippen LogP contribution is -2.39. The summed E-state index contributed by atoms with van der Waals surface area (Å²) in [7, 11) is 3.80. The molecule has 0 aliphatic heterocycles. The van der Waals surface area contributed by atoms with Crippen molar-refractivity contribution >= 4 is 5.69 Å². The van der Waals surface area contributed by atoms with Gasteiger partial charge in [-0.2, -0.15) is 0 Å². The number of hydrogen-bond donors (Lipinski definition) is 2. The fraction of sp³-hybridized carbons (Fsp3) is 0.545. The fourth-order valence-corrected chi connectivity index (χ4v) is 1.03. The van der Waals surface area contributed by atoms with E-state index in [0.29, 0.717) is 13.1 Å². The van der Waals surface area contributed by atoms with Gasteiger partial charge in [-0.3, -0.25) is 4.79 Å². The molecule has 1 heterocycles. The van der Waals surface area contributed by atoms with E-state index < -0.39 is 11.2 Å². The Morgan fingerprint density at radius 2 is 1.88 bits per heavy atom. The van der Waals surface area contributed by atoms with Crippen LogP contribution in [0.4, 0.5) is 5.69 Å². The monoisotopic (exact) mass is 243 g/mol. The summed E-state index contributed by atoms with van der Waals surface area (Å²) >= 11 is 0. The molecule has 0 bridgehead atoms. The Labute approximate surface area is 101 Å². The number of likely N-dealkylation sites (N-methyl/N-ethyl adjacent to an activating group) is 1. The summed E-state index contributed by atoms with van der Waals surface area (Å²) in [5.74, 6) is 5.21. The Kier molecular flexibility index (Phi) is 7.00. The van der Waals surface area contributed by atoms with E-state index in [-0.39, 0.29) is 5.69 Å². The first-order chi connectivity index (χ1) is 8.02. The van der Waals surface area contributed by atoms with Crippen molar-refractivity contribution in [2.75, 3.05) is 32.2 Å². The highest BCUT2D eigenvalue weighted by Crippen LogP contribution is 2.09. The molecule has 0 spiro atoms. The highest BCUT2D eigenvalue weighted by Gasteiger charge is 2.10. The molecule has 0 atom stereocenters. The van der Waals surface area contributed by atoms with Crippen molar-refractivity contribution in [1.29, 1.82) is 0 Å². The highest BCUT2D eigenvalue weighted by atomic mass is 16.3. The molecule has 0 aliphatic carbocycles. The van der Waals surface area contributed by atoms with Crippen molar-refractivity contribution in [2.45, 2.75) is 13.8 Å². The second kappa shape index (κ2) is 7.70. The number of hydrogen-bond acceptors (Lipinski definition) is 6. The molecule has 0 unspecified atom stereocenters. The van der Waals surface area contributed by atoms with Crippen molar-refractivity contribution < 1.29 is 9.52 Å². The molecule has 3 N–H and O–H groups in total. The third-order valence-electron chi connectivity index (χ3n) is 1.92. The highest BCUT2D eigenvalue weighted by molar-refractivity contribution is 5.44. The molecule has 0 fully saturated rings. The zero-order valence-corrected chi connectivity index (χ0v) is 10.8. The van der Waals surface area contributed by atoms with Crippen LogP contribution in [-0.2, 0) is 0 Å². The molecular weight excluding hydrogens is 222 g/mol. The molecule has 0 radical (unpaired) electrons. The smallest absolute Gasteiger partial charge is 0.251 e. The van der Waals surface area contributed by atoms with Gasteiger partial charge in [0.25, 0.3) is 5.43 Å². The second-order valence-electron chi connectivity index (χ2n) is 3.47. The van der Waals surface area contributed by atoms with Gasteiger partial charge in [0.2, 0.25) is 5.75 Å². The van der Waals surface area contributed by atoms with Crippen LogP contribution in [0.15, 0.2) is 21.7 Å². The number of rotatable bonds is 4. The van der Waals surface area contributed by atoms with Crippen molar-refractivity contribution in [3.63, 3.8) is 0 Å². The number of nitrogens with zero attached hydrogens (tertiary/aromatic N) is 2. The lowest BCUT2D eigenvalue weighted by molar-refractivity contribution is 0.409. The van der Waals surface area contributed by atoms with E-state index >= 15 is 0 Å². The molecule has 0 amide bonds. The van der Waals surface area contributed by atoms with Crippen LogP contribution in [0, 0.1) is 0 Å². The number of aromatic hydroxyl groups is 1. The van der Waals surface area contributed by atoms with Gasteiger partial charge in [0.15, 0.2) is 0 Å². The van der Waals surface area contributed by atoms with Gasteiger partial charge < -0.3 is 19.4 Å². The van der Waals surface area contributed by atoms with E-state index in [1.54, 1.807) is 0 Å². The van der Waals surface area contributed by atoms with Gasteiger partial charge in [-0.25, -0.2) is 5.84 Å². The predicted octanol–water partition coefficient (Wildman–Crippen LogP) is 0.613. The zero-order valence-electron chi connectivity index (χ0n) is 10.8. The van der Waals surface area contributed by atoms with E-state index in [1.165, 1.54) is 11.3 Å². The normalized spacial score (nSPS) is 9.76. The molecule has 17 heavy (non-hydrogen) atoms. The molecule has 1 rings (SSSR count). The lowest BCUT2D eigenvalue weighted by atomic mass is 10.4. The Hall–Kier alpha value is -1.53. The van der Waals surface area contributed by atoms with Gasteiger partial charge in [-0.15, -0.1) is 0 Å². The van der Waals surface area contributed by atoms with Crippen molar-refractivity contribution in [1.82, 2.24) is 4.90 Å². The minimum Gasteiger partial charge on any atom is -0.502 e. The first kappa shape index (κ1) is 15.5. The Bertz CT molecular complexity index is 376. The van der Waals surface area contributed by atoms with E-state index in [2.05, 4.69) is 0 Å². The van der Waals surface area contributed by atoms with Crippen molar-refractivity contribution in [3.8, 4) is 5.75 Å². The molecular formula is C11H21N3O3. The van der Waals surface area contributed by atoms with E-state index in [4.69, 9.17) is 15.4 Å². The zero-order chi connectivity index (χ0) is 13.4. The van der Waals surface area contributed by atoms with Gasteiger partial charge >= 0.3 is 0 Å². The fourth-order valence-electron chi connectivity index (χ4n) is 1.03. The average molecular weight is 243 g/mol. The maximum absolute atomic E-state index is 11.4. The van der Waals surface area contributed by atoms with E-state index in [9.17, 15) is 4.79 Å². The summed E-state index contributed by atoms with van der Waals surface area (Å²) in [4.78, 5) is 13.3. The lowest BCUT2D eigenvalue weighted by Gasteiger charge is -2.19. The van der Waals surface area contributed by atoms with Gasteiger partial charge in [0.05, 0.1) is 0 Å².